The number of nitrogens with one attached hydrogen (secondary N) is 1. The van der Waals surface area contributed by atoms with Gasteiger partial charge < -0.3 is 15.8 Å². The molecule has 21 heavy (non-hydrogen) atoms. The third-order valence-corrected chi connectivity index (χ3v) is 3.86. The number of hydrogen-bond acceptors (Lipinski definition) is 2. The summed E-state index contributed by atoms with van der Waals surface area (Å²) in [5, 5.41) is 3.26. The van der Waals surface area contributed by atoms with Gasteiger partial charge in [0.2, 0.25) is 0 Å². The molecule has 2 rings (SSSR count). The highest BCUT2D eigenvalue weighted by molar-refractivity contribution is 6.32. The maximum absolute atomic E-state index is 13.5. The van der Waals surface area contributed by atoms with Crippen LogP contribution in [0.25, 0.3) is 0 Å². The van der Waals surface area contributed by atoms with Crippen LogP contribution < -0.4 is 15.8 Å². The number of nitrogens with two attached hydrogens (primary N) is 1. The van der Waals surface area contributed by atoms with Gasteiger partial charge in [-0.05, 0) is 31.0 Å². The fraction of sp³-hybridized carbons (Fsp3) is 0.500. The van der Waals surface area contributed by atoms with E-state index in [9.17, 15) is 8.78 Å². The van der Waals surface area contributed by atoms with E-state index in [1.807, 2.05) is 0 Å². The average Bonchev–Trinajstić information content (AvgIpc) is 2.75. The maximum Gasteiger partial charge on any atom is 0.252 e. The van der Waals surface area contributed by atoms with Crippen molar-refractivity contribution in [3.8, 4) is 5.75 Å². The molecule has 0 spiro atoms. The molecule has 0 aliphatic heterocycles. The van der Waals surface area contributed by atoms with E-state index in [4.69, 9.17) is 22.1 Å². The predicted molar refractivity (Wildman–Crippen MR) is 80.4 cm³/mol. The lowest BCUT2D eigenvalue weighted by Gasteiger charge is -2.17. The van der Waals surface area contributed by atoms with Crippen molar-refractivity contribution >= 4 is 23.2 Å². The van der Waals surface area contributed by atoms with E-state index in [1.165, 1.54) is 7.11 Å². The molecule has 7 heteroatoms. The van der Waals surface area contributed by atoms with Crippen molar-refractivity contribution in [2.45, 2.75) is 25.2 Å². The molecular formula is C14H18ClF2N3O. The fourth-order valence-corrected chi connectivity index (χ4v) is 2.62. The van der Waals surface area contributed by atoms with Crippen molar-refractivity contribution in [3.05, 3.63) is 23.2 Å². The zero-order valence-electron chi connectivity index (χ0n) is 11.7. The summed E-state index contributed by atoms with van der Waals surface area (Å²) in [5.41, 5.74) is 6.34. The Balaban J connectivity index is 1.96. The maximum atomic E-state index is 13.5. The molecule has 4 nitrogen and oxygen atoms in total. The van der Waals surface area contributed by atoms with Crippen molar-refractivity contribution in [2.24, 2.45) is 16.6 Å². The third-order valence-electron chi connectivity index (χ3n) is 3.57. The molecule has 3 N–H and O–H groups in total. The summed E-state index contributed by atoms with van der Waals surface area (Å²) in [6.07, 6.45) is 0.960. The molecule has 1 unspecified atom stereocenters. The summed E-state index contributed by atoms with van der Waals surface area (Å²) < 4.78 is 32.0. The standard InChI is InChI=1S/C14H18ClF2N3O/c1-21-12-5-4-10(7-11(12)15)20-13(18)19-8-9-3-2-6-14(9,16)17/h4-5,7,9H,2-3,6,8H2,1H3,(H3,18,19,20). The van der Waals surface area contributed by atoms with Crippen LogP contribution in [0, 0.1) is 5.92 Å². The monoisotopic (exact) mass is 317 g/mol. The van der Waals surface area contributed by atoms with E-state index >= 15 is 0 Å². The smallest absolute Gasteiger partial charge is 0.252 e. The van der Waals surface area contributed by atoms with Gasteiger partial charge in [-0.25, -0.2) is 8.78 Å². The van der Waals surface area contributed by atoms with E-state index in [0.29, 0.717) is 29.3 Å². The second-order valence-corrected chi connectivity index (χ2v) is 5.46. The zero-order valence-corrected chi connectivity index (χ0v) is 12.5. The van der Waals surface area contributed by atoms with Crippen LogP contribution in [0.5, 0.6) is 5.75 Å². The quantitative estimate of drug-likeness (QED) is 0.660. The molecule has 0 aromatic heterocycles. The van der Waals surface area contributed by atoms with Crippen molar-refractivity contribution < 1.29 is 13.5 Å². The second kappa shape index (κ2) is 6.47. The number of guanidine groups is 1. The molecule has 1 aromatic carbocycles. The van der Waals surface area contributed by atoms with Gasteiger partial charge >= 0.3 is 0 Å². The number of rotatable bonds is 4. The SMILES string of the molecule is COc1ccc(NC(N)=NCC2CCCC2(F)F)cc1Cl. The molecule has 1 fully saturated rings. The van der Waals surface area contributed by atoms with E-state index in [1.54, 1.807) is 18.2 Å². The van der Waals surface area contributed by atoms with Crippen LogP contribution in [-0.4, -0.2) is 25.5 Å². The number of methoxy groups -OCH3 is 1. The Labute approximate surface area is 127 Å². The number of alkyl halides is 2. The minimum absolute atomic E-state index is 0.0235. The highest BCUT2D eigenvalue weighted by Crippen LogP contribution is 2.40. The fourth-order valence-electron chi connectivity index (χ4n) is 2.36. The molecular weight excluding hydrogens is 300 g/mol. The Morgan fingerprint density at radius 1 is 1.57 bits per heavy atom. The molecule has 116 valence electrons. The van der Waals surface area contributed by atoms with Crippen LogP contribution in [0.4, 0.5) is 14.5 Å². The van der Waals surface area contributed by atoms with Gasteiger partial charge in [-0.3, -0.25) is 4.99 Å². The second-order valence-electron chi connectivity index (χ2n) is 5.05. The molecule has 1 aliphatic rings. The lowest BCUT2D eigenvalue weighted by atomic mass is 10.1. The van der Waals surface area contributed by atoms with Gasteiger partial charge in [0, 0.05) is 18.0 Å². The van der Waals surface area contributed by atoms with E-state index in [-0.39, 0.29) is 18.9 Å². The van der Waals surface area contributed by atoms with Crippen LogP contribution in [0.3, 0.4) is 0 Å². The van der Waals surface area contributed by atoms with Crippen LogP contribution in [0.1, 0.15) is 19.3 Å². The van der Waals surface area contributed by atoms with Crippen LogP contribution >= 0.6 is 11.6 Å². The minimum Gasteiger partial charge on any atom is -0.495 e. The normalized spacial score (nSPS) is 21.3. The Morgan fingerprint density at radius 3 is 2.90 bits per heavy atom. The topological polar surface area (TPSA) is 59.6 Å². The first-order chi connectivity index (χ1) is 9.92. The molecule has 1 aliphatic carbocycles. The lowest BCUT2D eigenvalue weighted by molar-refractivity contribution is -0.0329. The molecule has 1 atom stereocenters. The number of ether oxygens (including phenoxy) is 1. The van der Waals surface area contributed by atoms with Crippen molar-refractivity contribution in [2.75, 3.05) is 19.0 Å². The Kier molecular flexibility index (Phi) is 4.88. The van der Waals surface area contributed by atoms with E-state index in [2.05, 4.69) is 10.3 Å². The van der Waals surface area contributed by atoms with Crippen LogP contribution in [-0.2, 0) is 0 Å². The summed E-state index contributed by atoms with van der Waals surface area (Å²) in [6.45, 7) is 0.0235. The molecule has 0 amide bonds. The molecule has 0 radical (unpaired) electrons. The first-order valence-corrected chi connectivity index (χ1v) is 7.08. The van der Waals surface area contributed by atoms with Crippen molar-refractivity contribution in [3.63, 3.8) is 0 Å². The van der Waals surface area contributed by atoms with Gasteiger partial charge in [0.25, 0.3) is 5.92 Å². The first kappa shape index (κ1) is 15.8. The van der Waals surface area contributed by atoms with Gasteiger partial charge in [0.1, 0.15) is 5.75 Å². The molecule has 1 saturated carbocycles. The third kappa shape index (κ3) is 3.97. The van der Waals surface area contributed by atoms with Gasteiger partial charge in [-0.15, -0.1) is 0 Å². The van der Waals surface area contributed by atoms with Crippen LogP contribution in [0.2, 0.25) is 5.02 Å². The number of benzene rings is 1. The average molecular weight is 318 g/mol. The van der Waals surface area contributed by atoms with Gasteiger partial charge in [0.15, 0.2) is 5.96 Å². The highest BCUT2D eigenvalue weighted by atomic mass is 35.5. The Hall–Kier alpha value is -1.56. The largest absolute Gasteiger partial charge is 0.495 e. The summed E-state index contributed by atoms with van der Waals surface area (Å²) >= 11 is 5.99. The predicted octanol–water partition coefficient (Wildman–Crippen LogP) is 3.51. The van der Waals surface area contributed by atoms with Gasteiger partial charge in [0.05, 0.1) is 18.7 Å². The minimum atomic E-state index is -2.63. The molecule has 0 saturated heterocycles. The van der Waals surface area contributed by atoms with Crippen molar-refractivity contribution in [1.29, 1.82) is 0 Å². The first-order valence-electron chi connectivity index (χ1n) is 6.70. The molecule has 1 aromatic rings. The molecule has 0 heterocycles. The molecule has 0 bridgehead atoms. The zero-order chi connectivity index (χ0) is 15.5. The van der Waals surface area contributed by atoms with Crippen molar-refractivity contribution in [1.82, 2.24) is 0 Å². The summed E-state index contributed by atoms with van der Waals surface area (Å²) in [4.78, 5) is 4.00. The number of anilines is 1. The highest BCUT2D eigenvalue weighted by Gasteiger charge is 2.43. The van der Waals surface area contributed by atoms with Crippen LogP contribution in [0.15, 0.2) is 23.2 Å². The van der Waals surface area contributed by atoms with E-state index in [0.717, 1.165) is 0 Å². The van der Waals surface area contributed by atoms with Gasteiger partial charge in [-0.2, -0.15) is 0 Å². The number of halogens is 3. The lowest BCUT2D eigenvalue weighted by Crippen LogP contribution is -2.28. The summed E-state index contributed by atoms with van der Waals surface area (Å²) in [6, 6.07) is 5.03. The van der Waals surface area contributed by atoms with Gasteiger partial charge in [-0.1, -0.05) is 11.6 Å². The van der Waals surface area contributed by atoms with E-state index < -0.39 is 11.8 Å². The summed E-state index contributed by atoms with van der Waals surface area (Å²) in [7, 11) is 1.52. The summed E-state index contributed by atoms with van der Waals surface area (Å²) in [5.74, 6) is -2.72. The number of nitrogens with zero attached hydrogens (tertiary/aromatic N) is 1. The Bertz CT molecular complexity index is 537. The number of hydrogen-bond donors (Lipinski definition) is 2. The number of aliphatic imine (C=N–C) groups is 1. The Morgan fingerprint density at radius 2 is 2.33 bits per heavy atom.